The van der Waals surface area contributed by atoms with Crippen molar-refractivity contribution in [1.82, 2.24) is 10.6 Å². The molecule has 0 aliphatic heterocycles. The normalized spacial score (nSPS) is 11.0. The van der Waals surface area contributed by atoms with E-state index < -0.39 is 0 Å². The van der Waals surface area contributed by atoms with Crippen LogP contribution in [0.3, 0.4) is 0 Å². The smallest absolute Gasteiger partial charge is 0.220 e. The van der Waals surface area contributed by atoms with Gasteiger partial charge in [-0.25, -0.2) is 0 Å². The van der Waals surface area contributed by atoms with Crippen molar-refractivity contribution in [2.45, 2.75) is 103 Å². The summed E-state index contributed by atoms with van der Waals surface area (Å²) < 4.78 is 0. The topological polar surface area (TPSA) is 87.4 Å². The third kappa shape index (κ3) is 23.3. The minimum absolute atomic E-state index is 0.149. The van der Waals surface area contributed by atoms with Gasteiger partial charge in [0.1, 0.15) is 0 Å². The van der Waals surface area contributed by atoms with Gasteiger partial charge in [0.15, 0.2) is 0 Å². The van der Waals surface area contributed by atoms with E-state index in [9.17, 15) is 4.79 Å². The van der Waals surface area contributed by atoms with E-state index in [2.05, 4.69) is 10.6 Å². The fourth-order valence-corrected chi connectivity index (χ4v) is 3.34. The van der Waals surface area contributed by atoms with E-state index in [1.807, 2.05) is 0 Å². The summed E-state index contributed by atoms with van der Waals surface area (Å²) in [4.78, 5) is 11.4. The van der Waals surface area contributed by atoms with E-state index in [1.54, 1.807) is 0 Å². The maximum Gasteiger partial charge on any atom is 0.220 e. The number of aliphatic hydroxyl groups is 1. The second kappa shape index (κ2) is 23.4. The quantitative estimate of drug-likeness (QED) is 0.213. The van der Waals surface area contributed by atoms with Gasteiger partial charge >= 0.3 is 0 Å². The van der Waals surface area contributed by atoms with Crippen molar-refractivity contribution in [3.8, 4) is 0 Å². The van der Waals surface area contributed by atoms with E-state index in [0.717, 1.165) is 19.5 Å². The predicted molar refractivity (Wildman–Crippen MR) is 116 cm³/mol. The lowest BCUT2D eigenvalue weighted by atomic mass is 10.0. The molecule has 0 aliphatic rings. The van der Waals surface area contributed by atoms with Crippen molar-refractivity contribution in [2.24, 2.45) is 5.73 Å². The number of hydrogen-bond acceptors (Lipinski definition) is 4. The second-order valence-corrected chi connectivity index (χ2v) is 7.67. The van der Waals surface area contributed by atoms with Crippen molar-refractivity contribution >= 4 is 5.91 Å². The van der Waals surface area contributed by atoms with Gasteiger partial charge in [-0.2, -0.15) is 0 Å². The van der Waals surface area contributed by atoms with Crippen LogP contribution in [0.5, 0.6) is 0 Å². The van der Waals surface area contributed by atoms with Gasteiger partial charge in [-0.1, -0.05) is 83.5 Å². The minimum Gasteiger partial charge on any atom is -0.395 e. The summed E-state index contributed by atoms with van der Waals surface area (Å²) in [6.07, 6.45) is 20.4. The standard InChI is InChI=1S/C22H47N3O2/c23-17-19-25-22(27)16-14-12-10-8-6-4-2-1-3-5-7-9-11-13-15-18-24-20-21-26/h24,26H,1-21,23H2,(H,25,27). The molecule has 1 amide bonds. The molecule has 0 aromatic rings. The summed E-state index contributed by atoms with van der Waals surface area (Å²) in [5.41, 5.74) is 5.36. The van der Waals surface area contributed by atoms with Crippen LogP contribution in [0.25, 0.3) is 0 Å². The summed E-state index contributed by atoms with van der Waals surface area (Å²) in [7, 11) is 0. The largest absolute Gasteiger partial charge is 0.395 e. The van der Waals surface area contributed by atoms with E-state index in [4.69, 9.17) is 10.8 Å². The lowest BCUT2D eigenvalue weighted by Gasteiger charge is -2.05. The van der Waals surface area contributed by atoms with Crippen LogP contribution in [-0.4, -0.2) is 43.8 Å². The molecule has 0 spiro atoms. The summed E-state index contributed by atoms with van der Waals surface area (Å²) in [6, 6.07) is 0. The van der Waals surface area contributed by atoms with Crippen LogP contribution in [0.15, 0.2) is 0 Å². The van der Waals surface area contributed by atoms with Gasteiger partial charge < -0.3 is 21.5 Å². The first-order chi connectivity index (χ1) is 13.3. The predicted octanol–water partition coefficient (Wildman–Crippen LogP) is 3.88. The highest BCUT2D eigenvalue weighted by atomic mass is 16.3. The van der Waals surface area contributed by atoms with Crippen LogP contribution >= 0.6 is 0 Å². The molecule has 0 aliphatic carbocycles. The number of unbranched alkanes of at least 4 members (excludes halogenated alkanes) is 14. The van der Waals surface area contributed by atoms with Crippen LogP contribution in [0, 0.1) is 0 Å². The van der Waals surface area contributed by atoms with Gasteiger partial charge in [0.05, 0.1) is 6.61 Å². The molecule has 162 valence electrons. The molecule has 5 N–H and O–H groups in total. The van der Waals surface area contributed by atoms with Gasteiger partial charge in [0.2, 0.25) is 5.91 Å². The average molecular weight is 386 g/mol. The molecule has 5 heteroatoms. The fourth-order valence-electron chi connectivity index (χ4n) is 3.34. The zero-order valence-electron chi connectivity index (χ0n) is 17.8. The van der Waals surface area contributed by atoms with Gasteiger partial charge in [-0.15, -0.1) is 0 Å². The Bertz CT molecular complexity index is 301. The van der Waals surface area contributed by atoms with Gasteiger partial charge in [0.25, 0.3) is 0 Å². The van der Waals surface area contributed by atoms with E-state index in [-0.39, 0.29) is 12.5 Å². The number of nitrogens with two attached hydrogens (primary N) is 1. The lowest BCUT2D eigenvalue weighted by Crippen LogP contribution is -2.28. The SMILES string of the molecule is NCCNC(=O)CCCCCCCCCCCCCCCCCNCCO. The van der Waals surface area contributed by atoms with Crippen molar-refractivity contribution in [1.29, 1.82) is 0 Å². The summed E-state index contributed by atoms with van der Waals surface area (Å²) in [5.74, 6) is 0.149. The highest BCUT2D eigenvalue weighted by Crippen LogP contribution is 2.13. The molecule has 0 saturated carbocycles. The Morgan fingerprint density at radius 3 is 1.52 bits per heavy atom. The van der Waals surface area contributed by atoms with Crippen molar-refractivity contribution < 1.29 is 9.90 Å². The number of rotatable bonds is 22. The van der Waals surface area contributed by atoms with Crippen LogP contribution in [0.4, 0.5) is 0 Å². The summed E-state index contributed by atoms with van der Waals surface area (Å²) in [5, 5.41) is 14.7. The maximum atomic E-state index is 11.4. The number of hydrogen-bond donors (Lipinski definition) is 4. The Kier molecular flexibility index (Phi) is 22.8. The monoisotopic (exact) mass is 385 g/mol. The maximum absolute atomic E-state index is 11.4. The molecule has 0 atom stereocenters. The molecule has 0 aromatic heterocycles. The number of carbonyl (C=O) groups is 1. The van der Waals surface area contributed by atoms with Crippen molar-refractivity contribution in [3.05, 3.63) is 0 Å². The van der Waals surface area contributed by atoms with Crippen molar-refractivity contribution in [2.75, 3.05) is 32.8 Å². The molecule has 0 rings (SSSR count). The third-order valence-corrected chi connectivity index (χ3v) is 5.01. The van der Waals surface area contributed by atoms with Crippen LogP contribution in [0.2, 0.25) is 0 Å². The van der Waals surface area contributed by atoms with E-state index >= 15 is 0 Å². The molecule has 0 bridgehead atoms. The molecule has 5 nitrogen and oxygen atoms in total. The molecule has 0 unspecified atom stereocenters. The highest BCUT2D eigenvalue weighted by Gasteiger charge is 1.99. The number of amides is 1. The molecular formula is C22H47N3O2. The van der Waals surface area contributed by atoms with E-state index in [1.165, 1.54) is 89.9 Å². The average Bonchev–Trinajstić information content (AvgIpc) is 2.68. The van der Waals surface area contributed by atoms with Gasteiger partial charge in [-0.05, 0) is 19.4 Å². The third-order valence-electron chi connectivity index (χ3n) is 5.01. The zero-order chi connectivity index (χ0) is 19.8. The second-order valence-electron chi connectivity index (χ2n) is 7.67. The Labute approximate surface area is 168 Å². The van der Waals surface area contributed by atoms with Crippen LogP contribution in [0.1, 0.15) is 103 Å². The molecule has 0 saturated heterocycles. The fraction of sp³-hybridized carbons (Fsp3) is 0.955. The van der Waals surface area contributed by atoms with Crippen molar-refractivity contribution in [3.63, 3.8) is 0 Å². The number of nitrogens with one attached hydrogen (secondary N) is 2. The Morgan fingerprint density at radius 1 is 0.630 bits per heavy atom. The van der Waals surface area contributed by atoms with Gasteiger partial charge in [0, 0.05) is 26.1 Å². The molecule has 27 heavy (non-hydrogen) atoms. The molecule has 0 radical (unpaired) electrons. The zero-order valence-corrected chi connectivity index (χ0v) is 17.8. The first-order valence-corrected chi connectivity index (χ1v) is 11.6. The number of carbonyl (C=O) groups excluding carboxylic acids is 1. The van der Waals surface area contributed by atoms with Crippen LogP contribution < -0.4 is 16.4 Å². The first-order valence-electron chi connectivity index (χ1n) is 11.6. The van der Waals surface area contributed by atoms with Gasteiger partial charge in [-0.3, -0.25) is 4.79 Å². The molecular weight excluding hydrogens is 338 g/mol. The lowest BCUT2D eigenvalue weighted by molar-refractivity contribution is -0.121. The number of aliphatic hydroxyl groups excluding tert-OH is 1. The van der Waals surface area contributed by atoms with Crippen LogP contribution in [-0.2, 0) is 4.79 Å². The minimum atomic E-state index is 0.149. The summed E-state index contributed by atoms with van der Waals surface area (Å²) in [6.45, 7) is 3.15. The van der Waals surface area contributed by atoms with E-state index in [0.29, 0.717) is 19.5 Å². The molecule has 0 heterocycles. The Hall–Kier alpha value is -0.650. The first kappa shape index (κ1) is 26.4. The molecule has 0 fully saturated rings. The summed E-state index contributed by atoms with van der Waals surface area (Å²) >= 11 is 0. The Morgan fingerprint density at radius 2 is 1.07 bits per heavy atom. The highest BCUT2D eigenvalue weighted by molar-refractivity contribution is 5.75. The Balaban J connectivity index is 3.04. The molecule has 0 aromatic carbocycles.